The Morgan fingerprint density at radius 1 is 0.862 bits per heavy atom. The van der Waals surface area contributed by atoms with E-state index in [9.17, 15) is 14.4 Å². The third-order valence-corrected chi connectivity index (χ3v) is 5.97. The fourth-order valence-electron chi connectivity index (χ4n) is 4.48. The Morgan fingerprint density at radius 2 is 1.52 bits per heavy atom. The van der Waals surface area contributed by atoms with Crippen LogP contribution in [0.2, 0.25) is 0 Å². The zero-order chi connectivity index (χ0) is 20.4. The van der Waals surface area contributed by atoms with Gasteiger partial charge in [0.25, 0.3) is 5.56 Å². The van der Waals surface area contributed by atoms with E-state index in [0.717, 1.165) is 21.3 Å². The molecule has 1 N–H and O–H groups in total. The largest absolute Gasteiger partial charge is 0.340 e. The van der Waals surface area contributed by atoms with E-state index < -0.39 is 11.6 Å². The van der Waals surface area contributed by atoms with Crippen LogP contribution in [0.5, 0.6) is 0 Å². The van der Waals surface area contributed by atoms with Crippen LogP contribution < -0.4 is 16.6 Å². The standard InChI is InChI=1S/C23H19N3O3/c1-12-8-4-5-9-13(12)16-17-19(14-10-6-7-11-15(14)20(17)27)24-21-18(16)22(28)26(3)23(29)25(21)2/h4-11,16,24H,1-3H3. The van der Waals surface area contributed by atoms with Gasteiger partial charge in [-0.25, -0.2) is 4.79 Å². The van der Waals surface area contributed by atoms with Gasteiger partial charge in [0.1, 0.15) is 5.82 Å². The molecule has 0 saturated heterocycles. The predicted octanol–water partition coefficient (Wildman–Crippen LogP) is 2.56. The second-order valence-electron chi connectivity index (χ2n) is 7.55. The maximum Gasteiger partial charge on any atom is 0.332 e. The molecule has 6 nitrogen and oxygen atoms in total. The van der Waals surface area contributed by atoms with Crippen LogP contribution >= 0.6 is 0 Å². The number of benzene rings is 2. The fourth-order valence-corrected chi connectivity index (χ4v) is 4.48. The summed E-state index contributed by atoms with van der Waals surface area (Å²) < 4.78 is 2.54. The first kappa shape index (κ1) is 17.4. The molecule has 0 spiro atoms. The van der Waals surface area contributed by atoms with Gasteiger partial charge in [-0.05, 0) is 18.1 Å². The van der Waals surface area contributed by atoms with E-state index in [1.54, 1.807) is 13.1 Å². The van der Waals surface area contributed by atoms with Crippen LogP contribution in [0.3, 0.4) is 0 Å². The van der Waals surface area contributed by atoms with Crippen LogP contribution in [0.1, 0.15) is 38.5 Å². The van der Waals surface area contributed by atoms with Gasteiger partial charge in [0.15, 0.2) is 5.78 Å². The summed E-state index contributed by atoms with van der Waals surface area (Å²) in [5.74, 6) is -0.194. The first-order valence-electron chi connectivity index (χ1n) is 9.42. The van der Waals surface area contributed by atoms with Gasteiger partial charge in [0.05, 0.1) is 11.3 Å². The number of carbonyl (C=O) groups excluding carboxylic acids is 1. The second-order valence-corrected chi connectivity index (χ2v) is 7.55. The molecule has 1 atom stereocenters. The van der Waals surface area contributed by atoms with Gasteiger partial charge < -0.3 is 5.32 Å². The number of aromatic nitrogens is 2. The molecule has 0 radical (unpaired) electrons. The minimum absolute atomic E-state index is 0.0853. The van der Waals surface area contributed by atoms with E-state index in [1.807, 2.05) is 49.4 Å². The van der Waals surface area contributed by atoms with Crippen molar-refractivity contribution < 1.29 is 4.79 Å². The smallest absolute Gasteiger partial charge is 0.332 e. The molecule has 1 unspecified atom stereocenters. The Morgan fingerprint density at radius 3 is 2.24 bits per heavy atom. The molecule has 2 aliphatic rings. The number of Topliss-reactive ketones (excluding diaryl/α,β-unsaturated/α-hetero) is 1. The van der Waals surface area contributed by atoms with Gasteiger partial charge in [-0.15, -0.1) is 0 Å². The SMILES string of the molecule is Cc1ccccc1C1C2=C(Nc3c1c(=O)n(C)c(=O)n3C)c1ccccc1C2=O. The number of nitrogens with zero attached hydrogens (tertiary/aromatic N) is 2. The predicted molar refractivity (Wildman–Crippen MR) is 111 cm³/mol. The van der Waals surface area contributed by atoms with E-state index in [1.165, 1.54) is 11.6 Å². The van der Waals surface area contributed by atoms with Crippen LogP contribution in [0.25, 0.3) is 5.70 Å². The van der Waals surface area contributed by atoms with Crippen molar-refractivity contribution in [3.8, 4) is 0 Å². The molecule has 0 bridgehead atoms. The Labute approximate surface area is 166 Å². The molecule has 144 valence electrons. The van der Waals surface area contributed by atoms with Crippen LogP contribution in [0.15, 0.2) is 63.7 Å². The van der Waals surface area contributed by atoms with Crippen molar-refractivity contribution in [2.24, 2.45) is 14.1 Å². The highest BCUT2D eigenvalue weighted by Gasteiger charge is 2.42. The van der Waals surface area contributed by atoms with Crippen molar-refractivity contribution in [3.05, 3.63) is 103 Å². The molecule has 3 aromatic rings. The van der Waals surface area contributed by atoms with Gasteiger partial charge in [0, 0.05) is 36.7 Å². The topological polar surface area (TPSA) is 73.1 Å². The van der Waals surface area contributed by atoms with Gasteiger partial charge >= 0.3 is 5.69 Å². The summed E-state index contributed by atoms with van der Waals surface area (Å²) in [6.45, 7) is 1.97. The normalized spacial score (nSPS) is 16.9. The van der Waals surface area contributed by atoms with Gasteiger partial charge in [-0.3, -0.25) is 18.7 Å². The number of carbonyl (C=O) groups is 1. The Kier molecular flexibility index (Phi) is 3.55. The first-order valence-corrected chi connectivity index (χ1v) is 9.42. The van der Waals surface area contributed by atoms with Crippen molar-refractivity contribution in [2.45, 2.75) is 12.8 Å². The highest BCUT2D eigenvalue weighted by molar-refractivity contribution is 6.23. The lowest BCUT2D eigenvalue weighted by Gasteiger charge is -2.30. The molecular weight excluding hydrogens is 366 g/mol. The Balaban J connectivity index is 1.92. The minimum Gasteiger partial charge on any atom is -0.340 e. The molecule has 1 aromatic heterocycles. The minimum atomic E-state index is -0.548. The summed E-state index contributed by atoms with van der Waals surface area (Å²) >= 11 is 0. The summed E-state index contributed by atoms with van der Waals surface area (Å²) in [6.07, 6.45) is 0. The number of aryl methyl sites for hydroxylation is 1. The van der Waals surface area contributed by atoms with E-state index in [4.69, 9.17) is 0 Å². The Hall–Kier alpha value is -3.67. The number of hydrogen-bond acceptors (Lipinski definition) is 4. The lowest BCUT2D eigenvalue weighted by Crippen LogP contribution is -2.42. The summed E-state index contributed by atoms with van der Waals surface area (Å²) in [7, 11) is 3.10. The van der Waals surface area contributed by atoms with Crippen molar-refractivity contribution in [1.82, 2.24) is 9.13 Å². The number of rotatable bonds is 1. The van der Waals surface area contributed by atoms with Crippen molar-refractivity contribution in [1.29, 1.82) is 0 Å². The molecule has 6 heteroatoms. The lowest BCUT2D eigenvalue weighted by molar-refractivity contribution is 0.103. The number of nitrogens with one attached hydrogen (secondary N) is 1. The van der Waals surface area contributed by atoms with Gasteiger partial charge in [-0.1, -0.05) is 48.5 Å². The number of anilines is 1. The van der Waals surface area contributed by atoms with Gasteiger partial charge in [-0.2, -0.15) is 0 Å². The molecule has 0 fully saturated rings. The third-order valence-electron chi connectivity index (χ3n) is 5.97. The highest BCUT2D eigenvalue weighted by atomic mass is 16.2. The van der Waals surface area contributed by atoms with Crippen molar-refractivity contribution in [3.63, 3.8) is 0 Å². The highest BCUT2D eigenvalue weighted by Crippen LogP contribution is 2.48. The number of fused-ring (bicyclic) bond motifs is 3. The third kappa shape index (κ3) is 2.20. The molecule has 29 heavy (non-hydrogen) atoms. The van der Waals surface area contributed by atoms with E-state index in [0.29, 0.717) is 28.2 Å². The number of hydrogen-bond donors (Lipinski definition) is 1. The zero-order valence-electron chi connectivity index (χ0n) is 16.3. The molecule has 2 aromatic carbocycles. The summed E-state index contributed by atoms with van der Waals surface area (Å²) in [5.41, 5.74) is 4.13. The molecule has 1 aliphatic carbocycles. The van der Waals surface area contributed by atoms with Crippen molar-refractivity contribution >= 4 is 17.3 Å². The average Bonchev–Trinajstić information content (AvgIpc) is 3.02. The quantitative estimate of drug-likeness (QED) is 0.699. The van der Waals surface area contributed by atoms with E-state index in [2.05, 4.69) is 5.32 Å². The average molecular weight is 385 g/mol. The fraction of sp³-hybridized carbons (Fsp3) is 0.174. The van der Waals surface area contributed by atoms with E-state index >= 15 is 0 Å². The number of ketones is 1. The molecule has 0 saturated carbocycles. The molecular formula is C23H19N3O3. The van der Waals surface area contributed by atoms with E-state index in [-0.39, 0.29) is 11.3 Å². The zero-order valence-corrected chi connectivity index (χ0v) is 16.3. The number of allylic oxidation sites excluding steroid dienone is 1. The summed E-state index contributed by atoms with van der Waals surface area (Å²) in [5, 5.41) is 3.25. The maximum atomic E-state index is 13.4. The first-order chi connectivity index (χ1) is 13.9. The van der Waals surface area contributed by atoms with Crippen LogP contribution in [-0.4, -0.2) is 14.9 Å². The molecule has 0 amide bonds. The summed E-state index contributed by atoms with van der Waals surface area (Å²) in [6, 6.07) is 15.2. The van der Waals surface area contributed by atoms with Crippen molar-refractivity contribution in [2.75, 3.05) is 5.32 Å². The monoisotopic (exact) mass is 385 g/mol. The van der Waals surface area contributed by atoms with Gasteiger partial charge in [0.2, 0.25) is 0 Å². The molecule has 5 rings (SSSR count). The maximum absolute atomic E-state index is 13.4. The molecule has 1 aliphatic heterocycles. The van der Waals surface area contributed by atoms with Crippen LogP contribution in [0, 0.1) is 6.92 Å². The van der Waals surface area contributed by atoms with Crippen LogP contribution in [-0.2, 0) is 14.1 Å². The Bertz CT molecular complexity index is 1370. The second kappa shape index (κ2) is 5.91. The van der Waals surface area contributed by atoms with Crippen LogP contribution in [0.4, 0.5) is 5.82 Å². The lowest BCUT2D eigenvalue weighted by atomic mass is 9.80. The summed E-state index contributed by atoms with van der Waals surface area (Å²) in [4.78, 5) is 39.2. The molecule has 2 heterocycles.